The van der Waals surface area contributed by atoms with E-state index in [0.717, 1.165) is 29.6 Å². The van der Waals surface area contributed by atoms with E-state index < -0.39 is 28.5 Å². The Labute approximate surface area is 222 Å². The number of nitrogens with one attached hydrogen (secondary N) is 1. The smallest absolute Gasteiger partial charge is 0.338 e. The Bertz CT molecular complexity index is 1220. The first-order valence-corrected chi connectivity index (χ1v) is 13.9. The largest absolute Gasteiger partial charge is 0.452 e. The Morgan fingerprint density at radius 2 is 1.83 bits per heavy atom. The van der Waals surface area contributed by atoms with Crippen molar-refractivity contribution < 1.29 is 22.7 Å². The molecule has 1 aliphatic rings. The molecule has 1 saturated carbocycles. The van der Waals surface area contributed by atoms with Gasteiger partial charge in [-0.25, -0.2) is 13.2 Å². The number of ether oxygens (including phenoxy) is 1. The number of amides is 1. The molecule has 36 heavy (non-hydrogen) atoms. The van der Waals surface area contributed by atoms with E-state index >= 15 is 0 Å². The summed E-state index contributed by atoms with van der Waals surface area (Å²) in [5, 5.41) is 3.33. The number of rotatable bonds is 9. The Hall–Kier alpha value is -2.55. The summed E-state index contributed by atoms with van der Waals surface area (Å²) in [5.74, 6) is -0.378. The minimum Gasteiger partial charge on any atom is -0.452 e. The van der Waals surface area contributed by atoms with E-state index in [4.69, 9.17) is 27.9 Å². The molecule has 194 valence electrons. The molecule has 0 saturated heterocycles. The lowest BCUT2D eigenvalue weighted by Gasteiger charge is -2.34. The average Bonchev–Trinajstić information content (AvgIpc) is 2.84. The lowest BCUT2D eigenvalue weighted by atomic mass is 9.78. The van der Waals surface area contributed by atoms with Gasteiger partial charge >= 0.3 is 5.97 Å². The van der Waals surface area contributed by atoms with Crippen LogP contribution in [0.4, 0.5) is 5.69 Å². The molecule has 0 aromatic heterocycles. The highest BCUT2D eigenvalue weighted by atomic mass is 35.5. The number of sulfonamides is 1. The number of halogens is 2. The molecule has 0 heterocycles. The van der Waals surface area contributed by atoms with Crippen molar-refractivity contribution in [3.05, 3.63) is 70.7 Å². The van der Waals surface area contributed by atoms with E-state index in [1.165, 1.54) is 18.2 Å². The first kappa shape index (κ1) is 28.0. The monoisotopic (exact) mass is 552 g/mol. The maximum absolute atomic E-state index is 13.5. The minimum absolute atomic E-state index is 0.0344. The van der Waals surface area contributed by atoms with Crippen molar-refractivity contribution >= 4 is 50.8 Å². The van der Waals surface area contributed by atoms with Gasteiger partial charge in [-0.1, -0.05) is 56.0 Å². The third kappa shape index (κ3) is 6.60. The maximum atomic E-state index is 13.5. The number of carbonyl (C=O) groups excluding carboxylic acids is 2. The van der Waals surface area contributed by atoms with Gasteiger partial charge in [-0.3, -0.25) is 9.10 Å². The van der Waals surface area contributed by atoms with Crippen molar-refractivity contribution in [2.75, 3.05) is 17.5 Å². The summed E-state index contributed by atoms with van der Waals surface area (Å²) < 4.78 is 33.3. The first-order chi connectivity index (χ1) is 17.0. The molecule has 0 aliphatic heterocycles. The normalized spacial score (nSPS) is 19.8. The van der Waals surface area contributed by atoms with Crippen LogP contribution in [0.5, 0.6) is 0 Å². The fourth-order valence-electron chi connectivity index (χ4n) is 4.26. The van der Waals surface area contributed by atoms with E-state index in [1.54, 1.807) is 24.3 Å². The van der Waals surface area contributed by atoms with Gasteiger partial charge in [0.1, 0.15) is 4.90 Å². The molecule has 1 fully saturated rings. The highest BCUT2D eigenvalue weighted by Gasteiger charge is 2.30. The molecular weight excluding hydrogens is 523 g/mol. The van der Waals surface area contributed by atoms with Crippen LogP contribution in [-0.2, 0) is 19.6 Å². The molecule has 7 nitrogen and oxygen atoms in total. The number of benzene rings is 2. The second kappa shape index (κ2) is 12.1. The quantitative estimate of drug-likeness (QED) is 0.328. The number of hydrogen-bond acceptors (Lipinski definition) is 5. The number of esters is 1. The van der Waals surface area contributed by atoms with Gasteiger partial charge in [-0.2, -0.15) is 0 Å². The second-order valence-electron chi connectivity index (χ2n) is 8.96. The molecule has 1 N–H and O–H groups in total. The van der Waals surface area contributed by atoms with Crippen molar-refractivity contribution in [2.24, 2.45) is 11.8 Å². The van der Waals surface area contributed by atoms with Crippen LogP contribution in [0.2, 0.25) is 10.0 Å². The third-order valence-electron chi connectivity index (χ3n) is 6.53. The van der Waals surface area contributed by atoms with Gasteiger partial charge in [0.05, 0.1) is 22.8 Å². The predicted octanol–water partition coefficient (Wildman–Crippen LogP) is 5.47. The fourth-order valence-corrected chi connectivity index (χ4v) is 6.33. The van der Waals surface area contributed by atoms with Crippen LogP contribution in [0.3, 0.4) is 0 Å². The standard InChI is InChI=1S/C26H30Cl2N2O5S/c1-4-14-30(21-11-9-20(27)10-12-21)36(33,34)24-15-19(8-13-22(24)28)26(32)35-16-25(31)29-23-7-5-6-17(2)18(23)3/h4,8-13,15,17-18,23H,1,5-7,14,16H2,2-3H3,(H,29,31)/t17-,18-,23-/m1/s1. The molecule has 1 amide bonds. The predicted molar refractivity (Wildman–Crippen MR) is 142 cm³/mol. The van der Waals surface area contributed by atoms with Crippen LogP contribution >= 0.6 is 23.2 Å². The third-order valence-corrected chi connectivity index (χ3v) is 9.06. The molecule has 0 spiro atoms. The first-order valence-electron chi connectivity index (χ1n) is 11.7. The van der Waals surface area contributed by atoms with Crippen molar-refractivity contribution in [1.82, 2.24) is 5.32 Å². The SMILES string of the molecule is C=CCN(c1ccc(Cl)cc1)S(=O)(=O)c1cc(C(=O)OCC(=O)N[C@@H]2CCC[C@@H](C)[C@H]2C)ccc1Cl. The van der Waals surface area contributed by atoms with E-state index in [1.807, 2.05) is 0 Å². The number of carbonyl (C=O) groups is 2. The maximum Gasteiger partial charge on any atom is 0.338 e. The molecule has 0 radical (unpaired) electrons. The molecule has 10 heteroatoms. The summed E-state index contributed by atoms with van der Waals surface area (Å²) in [7, 11) is -4.18. The Morgan fingerprint density at radius 3 is 2.50 bits per heavy atom. The molecule has 0 unspecified atom stereocenters. The van der Waals surface area contributed by atoms with Crippen LogP contribution in [0.15, 0.2) is 60.0 Å². The summed E-state index contributed by atoms with van der Waals surface area (Å²) in [5.41, 5.74) is 0.311. The van der Waals surface area contributed by atoms with Crippen molar-refractivity contribution in [2.45, 2.75) is 44.0 Å². The highest BCUT2D eigenvalue weighted by molar-refractivity contribution is 7.93. The van der Waals surface area contributed by atoms with Gasteiger partial charge in [-0.05, 0) is 60.7 Å². The lowest BCUT2D eigenvalue weighted by Crippen LogP contribution is -2.45. The van der Waals surface area contributed by atoms with Crippen LogP contribution in [0.1, 0.15) is 43.5 Å². The number of nitrogens with zero attached hydrogens (tertiary/aromatic N) is 1. The topological polar surface area (TPSA) is 92.8 Å². The van der Waals surface area contributed by atoms with Gasteiger partial charge in [0, 0.05) is 11.1 Å². The summed E-state index contributed by atoms with van der Waals surface area (Å²) >= 11 is 12.2. The lowest BCUT2D eigenvalue weighted by molar-refractivity contribution is -0.125. The molecular formula is C26H30Cl2N2O5S. The fraction of sp³-hybridized carbons (Fsp3) is 0.385. The van der Waals surface area contributed by atoms with E-state index in [9.17, 15) is 18.0 Å². The van der Waals surface area contributed by atoms with Gasteiger partial charge in [-0.15, -0.1) is 6.58 Å². The Balaban J connectivity index is 1.75. The van der Waals surface area contributed by atoms with Crippen LogP contribution in [0.25, 0.3) is 0 Å². The Morgan fingerprint density at radius 1 is 1.14 bits per heavy atom. The van der Waals surface area contributed by atoms with E-state index in [2.05, 4.69) is 25.7 Å². The molecule has 2 aromatic carbocycles. The molecule has 2 aromatic rings. The highest BCUT2D eigenvalue weighted by Crippen LogP contribution is 2.31. The zero-order valence-electron chi connectivity index (χ0n) is 20.2. The minimum atomic E-state index is -4.18. The van der Waals surface area contributed by atoms with E-state index in [-0.39, 0.29) is 28.1 Å². The van der Waals surface area contributed by atoms with Crippen molar-refractivity contribution in [3.8, 4) is 0 Å². The summed E-state index contributed by atoms with van der Waals surface area (Å²) in [6.07, 6.45) is 4.49. The summed E-state index contributed by atoms with van der Waals surface area (Å²) in [4.78, 5) is 24.8. The van der Waals surface area contributed by atoms with Crippen molar-refractivity contribution in [1.29, 1.82) is 0 Å². The number of anilines is 1. The van der Waals surface area contributed by atoms with Gasteiger partial charge < -0.3 is 10.1 Å². The van der Waals surface area contributed by atoms with Gasteiger partial charge in [0.2, 0.25) is 0 Å². The van der Waals surface area contributed by atoms with Gasteiger partial charge in [0.15, 0.2) is 6.61 Å². The van der Waals surface area contributed by atoms with Crippen LogP contribution < -0.4 is 9.62 Å². The van der Waals surface area contributed by atoms with Crippen molar-refractivity contribution in [3.63, 3.8) is 0 Å². The number of hydrogen-bond donors (Lipinski definition) is 1. The Kier molecular flexibility index (Phi) is 9.44. The molecule has 0 bridgehead atoms. The molecule has 1 aliphatic carbocycles. The van der Waals surface area contributed by atoms with Crippen LogP contribution in [-0.4, -0.2) is 39.5 Å². The average molecular weight is 554 g/mol. The van der Waals surface area contributed by atoms with Gasteiger partial charge in [0.25, 0.3) is 15.9 Å². The molecule has 3 rings (SSSR count). The zero-order chi connectivity index (χ0) is 26.5. The van der Waals surface area contributed by atoms with E-state index in [0.29, 0.717) is 22.5 Å². The summed E-state index contributed by atoms with van der Waals surface area (Å²) in [6.45, 7) is 7.41. The molecule has 3 atom stereocenters. The zero-order valence-corrected chi connectivity index (χ0v) is 22.6. The summed E-state index contributed by atoms with van der Waals surface area (Å²) in [6, 6.07) is 10.1. The second-order valence-corrected chi connectivity index (χ2v) is 11.6. The van der Waals surface area contributed by atoms with Crippen LogP contribution in [0, 0.1) is 11.8 Å².